The van der Waals surface area contributed by atoms with Gasteiger partial charge in [0.1, 0.15) is 0 Å². The summed E-state index contributed by atoms with van der Waals surface area (Å²) in [6.07, 6.45) is 0. The van der Waals surface area contributed by atoms with Gasteiger partial charge in [0.15, 0.2) is 0 Å². The Morgan fingerprint density at radius 3 is 1.89 bits per heavy atom. The zero-order valence-electron chi connectivity index (χ0n) is 13.8. The van der Waals surface area contributed by atoms with E-state index in [4.69, 9.17) is 34.8 Å². The van der Waals surface area contributed by atoms with Gasteiger partial charge in [0.2, 0.25) is 0 Å². The number of nitrogens with one attached hydrogen (secondary N) is 2. The third-order valence-corrected chi connectivity index (χ3v) is 4.46. The molecule has 136 valence electrons. The lowest BCUT2D eigenvalue weighted by Crippen LogP contribution is -2.14. The van der Waals surface area contributed by atoms with Gasteiger partial charge < -0.3 is 10.6 Å². The minimum absolute atomic E-state index is 0.257. The fraction of sp³-hybridized carbons (Fsp3) is 0. The van der Waals surface area contributed by atoms with E-state index in [1.54, 1.807) is 60.7 Å². The molecule has 3 rings (SSSR count). The zero-order valence-corrected chi connectivity index (χ0v) is 16.1. The molecule has 0 radical (unpaired) electrons. The van der Waals surface area contributed by atoms with E-state index in [0.29, 0.717) is 32.5 Å². The number of benzene rings is 3. The average molecular weight is 420 g/mol. The van der Waals surface area contributed by atoms with Crippen LogP contribution in [0.15, 0.2) is 66.7 Å². The molecule has 2 N–H and O–H groups in total. The number of rotatable bonds is 4. The number of halogens is 3. The summed E-state index contributed by atoms with van der Waals surface area (Å²) in [5, 5.41) is 6.77. The largest absolute Gasteiger partial charge is 0.322 e. The molecule has 0 bridgehead atoms. The van der Waals surface area contributed by atoms with Crippen LogP contribution < -0.4 is 10.6 Å². The van der Waals surface area contributed by atoms with Gasteiger partial charge in [-0.15, -0.1) is 0 Å². The Hall–Kier alpha value is -2.53. The van der Waals surface area contributed by atoms with Crippen molar-refractivity contribution in [3.63, 3.8) is 0 Å². The summed E-state index contributed by atoms with van der Waals surface area (Å²) in [5.74, 6) is -0.659. The first-order valence-electron chi connectivity index (χ1n) is 7.86. The van der Waals surface area contributed by atoms with Crippen LogP contribution in [0.4, 0.5) is 11.4 Å². The third-order valence-electron chi connectivity index (χ3n) is 3.66. The molecule has 2 amide bonds. The molecule has 0 heterocycles. The first-order chi connectivity index (χ1) is 12.9. The lowest BCUT2D eigenvalue weighted by molar-refractivity contribution is 0.101. The van der Waals surface area contributed by atoms with Crippen molar-refractivity contribution in [1.82, 2.24) is 0 Å². The Morgan fingerprint density at radius 2 is 1.26 bits per heavy atom. The van der Waals surface area contributed by atoms with Crippen molar-refractivity contribution in [2.45, 2.75) is 0 Å². The second-order valence-corrected chi connectivity index (χ2v) is 6.90. The normalized spacial score (nSPS) is 10.3. The van der Waals surface area contributed by atoms with Crippen molar-refractivity contribution >= 4 is 58.0 Å². The molecule has 3 aromatic rings. The van der Waals surface area contributed by atoms with Crippen molar-refractivity contribution < 1.29 is 9.59 Å². The van der Waals surface area contributed by atoms with E-state index in [1.165, 1.54) is 6.07 Å². The van der Waals surface area contributed by atoms with Crippen LogP contribution in [0.25, 0.3) is 0 Å². The molecule has 0 aliphatic heterocycles. The third kappa shape index (κ3) is 5.01. The van der Waals surface area contributed by atoms with Crippen LogP contribution in [0, 0.1) is 0 Å². The van der Waals surface area contributed by atoms with E-state index in [9.17, 15) is 9.59 Å². The molecule has 0 aromatic heterocycles. The van der Waals surface area contributed by atoms with Crippen LogP contribution in [0.1, 0.15) is 20.7 Å². The predicted molar refractivity (Wildman–Crippen MR) is 110 cm³/mol. The molecule has 0 fully saturated rings. The SMILES string of the molecule is O=C(Nc1cccc(NC(=O)c2ccc(Cl)cc2Cl)c1)c1ccc(Cl)cc1. The van der Waals surface area contributed by atoms with E-state index in [0.717, 1.165) is 0 Å². The first-order valence-corrected chi connectivity index (χ1v) is 8.99. The number of anilines is 2. The summed E-state index contributed by atoms with van der Waals surface area (Å²) >= 11 is 17.7. The highest BCUT2D eigenvalue weighted by Gasteiger charge is 2.12. The Labute approximate surface area is 171 Å². The van der Waals surface area contributed by atoms with E-state index >= 15 is 0 Å². The maximum Gasteiger partial charge on any atom is 0.257 e. The second-order valence-electron chi connectivity index (χ2n) is 5.62. The maximum absolute atomic E-state index is 12.4. The van der Waals surface area contributed by atoms with E-state index in [-0.39, 0.29) is 16.8 Å². The van der Waals surface area contributed by atoms with Gasteiger partial charge in [0.25, 0.3) is 11.8 Å². The molecule has 27 heavy (non-hydrogen) atoms. The summed E-state index contributed by atoms with van der Waals surface area (Å²) in [6.45, 7) is 0. The topological polar surface area (TPSA) is 58.2 Å². The molecule has 3 aromatic carbocycles. The van der Waals surface area contributed by atoms with Gasteiger partial charge in [0, 0.05) is 27.0 Å². The lowest BCUT2D eigenvalue weighted by Gasteiger charge is -2.10. The number of hydrogen-bond donors (Lipinski definition) is 2. The summed E-state index contributed by atoms with van der Waals surface area (Å²) in [5.41, 5.74) is 1.83. The van der Waals surface area contributed by atoms with Gasteiger partial charge in [-0.25, -0.2) is 0 Å². The smallest absolute Gasteiger partial charge is 0.257 e. The van der Waals surface area contributed by atoms with E-state index in [2.05, 4.69) is 10.6 Å². The molecule has 0 atom stereocenters. The Kier molecular flexibility index (Phi) is 6.01. The summed E-state index contributed by atoms with van der Waals surface area (Å²) in [6, 6.07) is 18.0. The molecular formula is C20H13Cl3N2O2. The predicted octanol–water partition coefficient (Wildman–Crippen LogP) is 6.15. The molecular weight excluding hydrogens is 407 g/mol. The van der Waals surface area contributed by atoms with E-state index in [1.807, 2.05) is 0 Å². The van der Waals surface area contributed by atoms with Crippen molar-refractivity contribution in [2.24, 2.45) is 0 Å². The van der Waals surface area contributed by atoms with Crippen molar-refractivity contribution in [3.8, 4) is 0 Å². The highest BCUT2D eigenvalue weighted by molar-refractivity contribution is 6.37. The zero-order chi connectivity index (χ0) is 19.4. The van der Waals surface area contributed by atoms with Gasteiger partial charge >= 0.3 is 0 Å². The second kappa shape index (κ2) is 8.44. The highest BCUT2D eigenvalue weighted by atomic mass is 35.5. The van der Waals surface area contributed by atoms with Crippen LogP contribution in [0.5, 0.6) is 0 Å². The summed E-state index contributed by atoms with van der Waals surface area (Å²) in [4.78, 5) is 24.7. The van der Waals surface area contributed by atoms with Crippen LogP contribution in [-0.4, -0.2) is 11.8 Å². The standard InChI is InChI=1S/C20H13Cl3N2O2/c21-13-6-4-12(5-7-13)19(26)24-15-2-1-3-16(11-15)25-20(27)17-9-8-14(22)10-18(17)23/h1-11H,(H,24,26)(H,25,27). The molecule has 0 spiro atoms. The molecule has 4 nitrogen and oxygen atoms in total. The van der Waals surface area contributed by atoms with Crippen LogP contribution in [0.3, 0.4) is 0 Å². The van der Waals surface area contributed by atoms with Crippen LogP contribution in [0.2, 0.25) is 15.1 Å². The lowest BCUT2D eigenvalue weighted by atomic mass is 10.2. The van der Waals surface area contributed by atoms with Crippen LogP contribution in [-0.2, 0) is 0 Å². The van der Waals surface area contributed by atoms with E-state index < -0.39 is 0 Å². The monoisotopic (exact) mass is 418 g/mol. The Bertz CT molecular complexity index is 1000. The fourth-order valence-corrected chi connectivity index (χ4v) is 2.97. The highest BCUT2D eigenvalue weighted by Crippen LogP contribution is 2.23. The fourth-order valence-electron chi connectivity index (χ4n) is 2.35. The van der Waals surface area contributed by atoms with Crippen molar-refractivity contribution in [3.05, 3.63) is 92.9 Å². The minimum atomic E-state index is -0.377. The van der Waals surface area contributed by atoms with Crippen molar-refractivity contribution in [1.29, 1.82) is 0 Å². The van der Waals surface area contributed by atoms with Gasteiger partial charge in [-0.3, -0.25) is 9.59 Å². The molecule has 0 unspecified atom stereocenters. The number of carbonyl (C=O) groups is 2. The first kappa shape index (κ1) is 19.2. The van der Waals surface area contributed by atoms with Gasteiger partial charge in [-0.1, -0.05) is 40.9 Å². The molecule has 7 heteroatoms. The summed E-state index contributed by atoms with van der Waals surface area (Å²) < 4.78 is 0. The van der Waals surface area contributed by atoms with Gasteiger partial charge in [-0.2, -0.15) is 0 Å². The van der Waals surface area contributed by atoms with Crippen molar-refractivity contribution in [2.75, 3.05) is 10.6 Å². The number of hydrogen-bond acceptors (Lipinski definition) is 2. The van der Waals surface area contributed by atoms with Crippen LogP contribution >= 0.6 is 34.8 Å². The molecule has 0 aliphatic carbocycles. The van der Waals surface area contributed by atoms with Gasteiger partial charge in [0.05, 0.1) is 10.6 Å². The molecule has 0 aliphatic rings. The Balaban J connectivity index is 1.72. The maximum atomic E-state index is 12.4. The quantitative estimate of drug-likeness (QED) is 0.533. The Morgan fingerprint density at radius 1 is 0.667 bits per heavy atom. The number of amides is 2. The minimum Gasteiger partial charge on any atom is -0.322 e. The van der Waals surface area contributed by atoms with Gasteiger partial charge in [-0.05, 0) is 60.7 Å². The summed E-state index contributed by atoms with van der Waals surface area (Å²) in [7, 11) is 0. The average Bonchev–Trinajstić information content (AvgIpc) is 2.62. The molecule has 0 saturated carbocycles. The number of carbonyl (C=O) groups excluding carboxylic acids is 2. The molecule has 0 saturated heterocycles.